The number of carbonyl (C=O) groups is 1. The number of hydrogen-bond donors (Lipinski definition) is 0. The Hall–Kier alpha value is -2.83. The van der Waals surface area contributed by atoms with Gasteiger partial charge in [0.15, 0.2) is 0 Å². The molecular formula is C20H21F3N2O2. The molecule has 4 nitrogen and oxygen atoms in total. The summed E-state index contributed by atoms with van der Waals surface area (Å²) in [6.07, 6.45) is -3.72. The van der Waals surface area contributed by atoms with Crippen LogP contribution < -0.4 is 0 Å². The molecule has 144 valence electrons. The number of amidine groups is 1. The minimum absolute atomic E-state index is 0.0636. The number of hydrogen-bond acceptors (Lipinski definition) is 2. The van der Waals surface area contributed by atoms with E-state index in [1.165, 1.54) is 0 Å². The van der Waals surface area contributed by atoms with Crippen molar-refractivity contribution in [2.75, 3.05) is 13.7 Å². The van der Waals surface area contributed by atoms with Crippen molar-refractivity contribution in [1.82, 2.24) is 4.90 Å². The number of aliphatic imine (C=N–C) groups is 1. The molecule has 0 fully saturated rings. The molecule has 0 aromatic heterocycles. The average Bonchev–Trinajstić information content (AvgIpc) is 2.65. The second-order valence-electron chi connectivity index (χ2n) is 5.96. The van der Waals surface area contributed by atoms with Gasteiger partial charge in [-0.15, -0.1) is 0 Å². The number of nitrogens with zero attached hydrogens (tertiary/aromatic N) is 2. The number of benzene rings is 2. The van der Waals surface area contributed by atoms with E-state index in [2.05, 4.69) is 4.99 Å². The zero-order valence-corrected chi connectivity index (χ0v) is 15.2. The van der Waals surface area contributed by atoms with E-state index in [4.69, 9.17) is 4.74 Å². The first-order valence-electron chi connectivity index (χ1n) is 8.49. The van der Waals surface area contributed by atoms with Crippen LogP contribution in [-0.2, 0) is 17.5 Å². The maximum absolute atomic E-state index is 12.6. The van der Waals surface area contributed by atoms with E-state index in [9.17, 15) is 18.0 Å². The Morgan fingerprint density at radius 3 is 2.26 bits per heavy atom. The minimum Gasteiger partial charge on any atom is -0.465 e. The summed E-state index contributed by atoms with van der Waals surface area (Å²) >= 11 is 0. The summed E-state index contributed by atoms with van der Waals surface area (Å²) in [7, 11) is 1.74. The first kappa shape index (κ1) is 20.5. The highest BCUT2D eigenvalue weighted by atomic mass is 19.4. The Morgan fingerprint density at radius 2 is 1.70 bits per heavy atom. The third-order valence-corrected chi connectivity index (χ3v) is 3.68. The van der Waals surface area contributed by atoms with Crippen molar-refractivity contribution in [2.45, 2.75) is 26.1 Å². The normalized spacial score (nSPS) is 12.0. The van der Waals surface area contributed by atoms with Crippen LogP contribution in [0.5, 0.6) is 0 Å². The molecule has 0 aliphatic rings. The van der Waals surface area contributed by atoms with Gasteiger partial charge in [0.25, 0.3) is 11.9 Å². The highest BCUT2D eigenvalue weighted by molar-refractivity contribution is 6.01. The minimum atomic E-state index is -4.45. The molecule has 0 spiro atoms. The van der Waals surface area contributed by atoms with Gasteiger partial charge in [0, 0.05) is 19.2 Å². The summed E-state index contributed by atoms with van der Waals surface area (Å²) in [5, 5.41) is 0. The van der Waals surface area contributed by atoms with Gasteiger partial charge in [-0.1, -0.05) is 37.3 Å². The Balaban J connectivity index is 2.18. The van der Waals surface area contributed by atoms with Gasteiger partial charge < -0.3 is 9.64 Å². The highest BCUT2D eigenvalue weighted by Crippen LogP contribution is 2.29. The van der Waals surface area contributed by atoms with Crippen molar-refractivity contribution >= 4 is 11.9 Å². The van der Waals surface area contributed by atoms with Crippen molar-refractivity contribution < 1.29 is 22.7 Å². The van der Waals surface area contributed by atoms with E-state index in [0.717, 1.165) is 36.2 Å². The molecule has 0 saturated carbocycles. The van der Waals surface area contributed by atoms with Crippen LogP contribution in [0.15, 0.2) is 59.6 Å². The number of amides is 1. The molecular weight excluding hydrogens is 357 g/mol. The van der Waals surface area contributed by atoms with Gasteiger partial charge in [-0.2, -0.15) is 18.2 Å². The molecule has 2 aromatic carbocycles. The Labute approximate surface area is 156 Å². The lowest BCUT2D eigenvalue weighted by Gasteiger charge is -2.21. The lowest BCUT2D eigenvalue weighted by atomic mass is 10.1. The molecule has 1 amide bonds. The van der Waals surface area contributed by atoms with Gasteiger partial charge in [0.05, 0.1) is 12.2 Å². The Morgan fingerprint density at radius 1 is 1.07 bits per heavy atom. The van der Waals surface area contributed by atoms with E-state index >= 15 is 0 Å². The zero-order valence-electron chi connectivity index (χ0n) is 15.2. The van der Waals surface area contributed by atoms with Crippen molar-refractivity contribution in [2.24, 2.45) is 4.99 Å². The first-order chi connectivity index (χ1) is 12.8. The molecule has 0 unspecified atom stereocenters. The van der Waals surface area contributed by atoms with Crippen LogP contribution in [0.1, 0.15) is 34.8 Å². The molecule has 0 bridgehead atoms. The summed E-state index contributed by atoms with van der Waals surface area (Å²) in [6.45, 7) is 2.77. The van der Waals surface area contributed by atoms with Gasteiger partial charge in [0.1, 0.15) is 0 Å². The first-order valence-corrected chi connectivity index (χ1v) is 8.49. The largest absolute Gasteiger partial charge is 0.465 e. The summed E-state index contributed by atoms with van der Waals surface area (Å²) in [4.78, 5) is 18.0. The number of rotatable bonds is 5. The summed E-state index contributed by atoms with van der Waals surface area (Å²) < 4.78 is 43.5. The lowest BCUT2D eigenvalue weighted by molar-refractivity contribution is -0.137. The molecule has 0 atom stereocenters. The molecule has 0 N–H and O–H groups in total. The van der Waals surface area contributed by atoms with E-state index in [1.807, 2.05) is 37.3 Å². The highest BCUT2D eigenvalue weighted by Gasteiger charge is 2.30. The van der Waals surface area contributed by atoms with Gasteiger partial charge in [0.2, 0.25) is 0 Å². The Bertz CT molecular complexity index is 772. The van der Waals surface area contributed by atoms with E-state index < -0.39 is 17.6 Å². The third-order valence-electron chi connectivity index (χ3n) is 3.68. The maximum atomic E-state index is 12.6. The van der Waals surface area contributed by atoms with E-state index in [0.29, 0.717) is 13.2 Å². The van der Waals surface area contributed by atoms with Crippen LogP contribution in [0, 0.1) is 0 Å². The maximum Gasteiger partial charge on any atom is 0.416 e. The smallest absolute Gasteiger partial charge is 0.416 e. The van der Waals surface area contributed by atoms with Crippen LogP contribution in [-0.4, -0.2) is 30.5 Å². The second kappa shape index (κ2) is 9.21. The van der Waals surface area contributed by atoms with E-state index in [-0.39, 0.29) is 11.6 Å². The van der Waals surface area contributed by atoms with Gasteiger partial charge in [-0.3, -0.25) is 4.79 Å². The molecule has 0 saturated heterocycles. The molecule has 2 rings (SSSR count). The van der Waals surface area contributed by atoms with Gasteiger partial charge in [-0.25, -0.2) is 0 Å². The zero-order chi connectivity index (χ0) is 19.9. The standard InChI is InChI=1S/C20H21F3N2O2/c1-3-13-27-19(25(2)14-15-7-5-4-6-8-15)24-18(26)16-9-11-17(12-10-16)20(21,22)23/h4-12H,3,13-14H2,1-2H3. The number of halogens is 3. The number of carbonyl (C=O) groups excluding carboxylic acids is 1. The molecule has 0 aliphatic carbocycles. The lowest BCUT2D eigenvalue weighted by Crippen LogP contribution is -2.30. The summed E-state index contributed by atoms with van der Waals surface area (Å²) in [5.74, 6) is -0.658. The van der Waals surface area contributed by atoms with Crippen LogP contribution >= 0.6 is 0 Å². The SMILES string of the molecule is CCCOC(=NC(=O)c1ccc(C(F)(F)F)cc1)N(C)Cc1ccccc1. The molecule has 0 aliphatic heterocycles. The molecule has 2 aromatic rings. The predicted octanol–water partition coefficient (Wildman–Crippen LogP) is 4.76. The van der Waals surface area contributed by atoms with Crippen molar-refractivity contribution in [3.63, 3.8) is 0 Å². The number of ether oxygens (including phenoxy) is 1. The molecule has 27 heavy (non-hydrogen) atoms. The molecule has 0 heterocycles. The van der Waals surface area contributed by atoms with Crippen LogP contribution in [0.4, 0.5) is 13.2 Å². The van der Waals surface area contributed by atoms with Crippen molar-refractivity contribution in [1.29, 1.82) is 0 Å². The van der Waals surface area contributed by atoms with Gasteiger partial charge in [-0.05, 0) is 36.2 Å². The summed E-state index contributed by atoms with van der Waals surface area (Å²) in [5.41, 5.74) is 0.259. The van der Waals surface area contributed by atoms with Gasteiger partial charge >= 0.3 is 6.18 Å². The third kappa shape index (κ3) is 6.13. The molecule has 0 radical (unpaired) electrons. The molecule has 7 heteroatoms. The van der Waals surface area contributed by atoms with E-state index in [1.54, 1.807) is 11.9 Å². The fraction of sp³-hybridized carbons (Fsp3) is 0.300. The van der Waals surface area contributed by atoms with Crippen LogP contribution in [0.2, 0.25) is 0 Å². The van der Waals surface area contributed by atoms with Crippen LogP contribution in [0.3, 0.4) is 0 Å². The Kier molecular flexibility index (Phi) is 6.98. The van der Waals surface area contributed by atoms with Crippen molar-refractivity contribution in [3.05, 3.63) is 71.3 Å². The quantitative estimate of drug-likeness (QED) is 0.556. The average molecular weight is 378 g/mol. The monoisotopic (exact) mass is 378 g/mol. The number of alkyl halides is 3. The summed E-state index contributed by atoms with van der Waals surface area (Å²) in [6, 6.07) is 13.7. The topological polar surface area (TPSA) is 41.9 Å². The predicted molar refractivity (Wildman–Crippen MR) is 97.4 cm³/mol. The van der Waals surface area contributed by atoms with Crippen LogP contribution in [0.25, 0.3) is 0 Å². The fourth-order valence-corrected chi connectivity index (χ4v) is 2.30. The van der Waals surface area contributed by atoms with Crippen molar-refractivity contribution in [3.8, 4) is 0 Å². The second-order valence-corrected chi connectivity index (χ2v) is 5.96. The fourth-order valence-electron chi connectivity index (χ4n) is 2.30.